The highest BCUT2D eigenvalue weighted by molar-refractivity contribution is 6.15. The smallest absolute Gasteiger partial charge is 0.0541 e. The molecule has 2 heteroatoms. The average Bonchev–Trinajstić information content (AvgIpc) is 3.94. The fourth-order valence-electron chi connectivity index (χ4n) is 11.1. The maximum Gasteiger partial charge on any atom is 0.0541 e. The quantitative estimate of drug-likeness (QED) is 0.144. The zero-order valence-corrected chi connectivity index (χ0v) is 37.6. The highest BCUT2D eigenvalue weighted by atomic mass is 15.0. The van der Waals surface area contributed by atoms with Crippen LogP contribution in [0.15, 0.2) is 249 Å². The van der Waals surface area contributed by atoms with Gasteiger partial charge in [-0.3, -0.25) is 0 Å². The van der Waals surface area contributed by atoms with Crippen molar-refractivity contribution in [2.75, 3.05) is 0 Å². The van der Waals surface area contributed by atoms with Crippen LogP contribution in [0.4, 0.5) is 0 Å². The van der Waals surface area contributed by atoms with Crippen molar-refractivity contribution in [1.82, 2.24) is 9.13 Å². The summed E-state index contributed by atoms with van der Waals surface area (Å²) in [5.74, 6) is 0. The molecule has 0 unspecified atom stereocenters. The van der Waals surface area contributed by atoms with Gasteiger partial charge in [-0.2, -0.15) is 0 Å². The number of allylic oxidation sites excluding steroid dienone is 1. The van der Waals surface area contributed by atoms with Crippen LogP contribution in [0.1, 0.15) is 17.7 Å². The van der Waals surface area contributed by atoms with E-state index in [1.54, 1.807) is 0 Å². The summed E-state index contributed by atoms with van der Waals surface area (Å²) < 4.78 is 4.87. The van der Waals surface area contributed by atoms with E-state index in [4.69, 9.17) is 0 Å². The molecule has 1 aliphatic rings. The fourth-order valence-corrected chi connectivity index (χ4v) is 11.1. The van der Waals surface area contributed by atoms with Crippen LogP contribution in [-0.4, -0.2) is 9.13 Å². The highest BCUT2D eigenvalue weighted by Crippen LogP contribution is 2.56. The Bertz CT molecular complexity index is 3790. The van der Waals surface area contributed by atoms with Gasteiger partial charge in [0.25, 0.3) is 0 Å². The molecule has 12 aromatic rings. The molecule has 0 fully saturated rings. The molecular weight excluding hydrogens is 821 g/mol. The summed E-state index contributed by atoms with van der Waals surface area (Å²) in [6, 6.07) is 89.3. The predicted molar refractivity (Wildman–Crippen MR) is 288 cm³/mol. The first-order chi connectivity index (χ1) is 33.8. The second-order valence-electron chi connectivity index (χ2n) is 17.8. The minimum absolute atomic E-state index is 1.05. The zero-order chi connectivity index (χ0) is 45.0. The average molecular weight is 867 g/mol. The molecule has 0 spiro atoms. The number of nitrogens with zero attached hydrogens (tertiary/aromatic N) is 2. The predicted octanol–water partition coefficient (Wildman–Crippen LogP) is 17.7. The van der Waals surface area contributed by atoms with Gasteiger partial charge in [-0.15, -0.1) is 0 Å². The standard InChI is InChI=1S/C66H46N2/c1-5-21-45(22-6-1)61-62(46-23-7-2-8-24-46)64(48-27-11-4-12-28-48)66(50-39-43-52(44-40-50)68-59-35-19-15-31-55(59)56-32-16-20-36-60(56)68)65(63(61)47-25-9-3-10-26-47)49-37-41-51(42-38-49)67-57-33-17-13-29-53(57)54-30-14-18-34-58(54)67/h1-15,17-31,33-44H,16,32H2. The van der Waals surface area contributed by atoms with E-state index in [2.05, 4.69) is 264 Å². The number of hydrogen-bond acceptors (Lipinski definition) is 0. The van der Waals surface area contributed by atoms with Crippen molar-refractivity contribution >= 4 is 38.8 Å². The number of aryl methyl sites for hydroxylation is 1. The monoisotopic (exact) mass is 866 g/mol. The molecule has 0 N–H and O–H groups in total. The van der Waals surface area contributed by atoms with Crippen LogP contribution >= 0.6 is 0 Å². The van der Waals surface area contributed by atoms with Crippen LogP contribution < -0.4 is 0 Å². The van der Waals surface area contributed by atoms with Crippen molar-refractivity contribution in [3.63, 3.8) is 0 Å². The van der Waals surface area contributed by atoms with Crippen molar-refractivity contribution in [3.05, 3.63) is 260 Å². The molecule has 2 nitrogen and oxygen atoms in total. The summed E-state index contributed by atoms with van der Waals surface area (Å²) in [6.07, 6.45) is 6.76. The summed E-state index contributed by atoms with van der Waals surface area (Å²) in [7, 11) is 0. The molecule has 1 aliphatic carbocycles. The van der Waals surface area contributed by atoms with E-state index in [1.807, 2.05) is 0 Å². The Morgan fingerprint density at radius 3 is 0.971 bits per heavy atom. The van der Waals surface area contributed by atoms with E-state index in [-0.39, 0.29) is 0 Å². The van der Waals surface area contributed by atoms with Crippen molar-refractivity contribution in [1.29, 1.82) is 0 Å². The third-order valence-corrected chi connectivity index (χ3v) is 14.0. The van der Waals surface area contributed by atoms with Crippen LogP contribution in [0.3, 0.4) is 0 Å². The summed E-state index contributed by atoms with van der Waals surface area (Å²) in [5, 5.41) is 3.85. The first-order valence-corrected chi connectivity index (χ1v) is 23.7. The van der Waals surface area contributed by atoms with Gasteiger partial charge >= 0.3 is 0 Å². The Labute approximate surface area is 397 Å². The normalized spacial score (nSPS) is 12.2. The first-order valence-electron chi connectivity index (χ1n) is 23.7. The summed E-state index contributed by atoms with van der Waals surface area (Å²) >= 11 is 0. The van der Waals surface area contributed by atoms with Gasteiger partial charge in [-0.05, 0) is 134 Å². The van der Waals surface area contributed by atoms with E-state index < -0.39 is 0 Å². The Kier molecular flexibility index (Phi) is 9.68. The molecule has 68 heavy (non-hydrogen) atoms. The fraction of sp³-hybridized carbons (Fsp3) is 0.0303. The molecule has 13 rings (SSSR count). The second-order valence-corrected chi connectivity index (χ2v) is 17.8. The molecule has 10 aromatic carbocycles. The first kappa shape index (κ1) is 39.6. The number of para-hydroxylation sites is 3. The van der Waals surface area contributed by atoms with Gasteiger partial charge in [0.2, 0.25) is 0 Å². The lowest BCUT2D eigenvalue weighted by atomic mass is 9.74. The van der Waals surface area contributed by atoms with Gasteiger partial charge in [-0.1, -0.05) is 206 Å². The molecule has 0 saturated heterocycles. The minimum Gasteiger partial charge on any atom is -0.310 e. The molecule has 2 heterocycles. The van der Waals surface area contributed by atoms with Gasteiger partial charge in [0.05, 0.1) is 16.6 Å². The summed E-state index contributed by atoms with van der Waals surface area (Å²) in [4.78, 5) is 0. The molecule has 0 radical (unpaired) electrons. The lowest BCUT2D eigenvalue weighted by Gasteiger charge is -2.29. The Balaban J connectivity index is 1.15. The zero-order valence-electron chi connectivity index (χ0n) is 37.6. The maximum atomic E-state index is 2.46. The van der Waals surface area contributed by atoms with Gasteiger partial charge in [0, 0.05) is 33.2 Å². The van der Waals surface area contributed by atoms with Crippen LogP contribution in [0, 0.1) is 0 Å². The Morgan fingerprint density at radius 2 is 0.574 bits per heavy atom. The topological polar surface area (TPSA) is 9.86 Å². The van der Waals surface area contributed by atoms with E-state index in [0.717, 1.165) is 35.3 Å². The molecule has 0 aliphatic heterocycles. The summed E-state index contributed by atoms with van der Waals surface area (Å²) in [5.41, 5.74) is 22.8. The largest absolute Gasteiger partial charge is 0.310 e. The van der Waals surface area contributed by atoms with E-state index >= 15 is 0 Å². The van der Waals surface area contributed by atoms with Crippen molar-refractivity contribution in [2.45, 2.75) is 12.8 Å². The number of fused-ring (bicyclic) bond motifs is 6. The Hall–Kier alpha value is -8.72. The van der Waals surface area contributed by atoms with Crippen LogP contribution in [0.2, 0.25) is 0 Å². The SMILES string of the molecule is C1=Cc2c(c3ccccc3n2-c2ccc(-c3c(-c4ccccc4)c(-c4ccccc4)c(-c4ccccc4)c(-c4ccccc4)c3-c3ccc(-n4c5ccccc5c5ccccc54)cc3)cc2)CC1. The Morgan fingerprint density at radius 1 is 0.265 bits per heavy atom. The molecule has 320 valence electrons. The third-order valence-electron chi connectivity index (χ3n) is 14.0. The van der Waals surface area contributed by atoms with Crippen LogP contribution in [-0.2, 0) is 6.42 Å². The lowest BCUT2D eigenvalue weighted by Crippen LogP contribution is -2.03. The van der Waals surface area contributed by atoms with Gasteiger partial charge < -0.3 is 9.13 Å². The van der Waals surface area contributed by atoms with Crippen LogP contribution in [0.25, 0.3) is 117 Å². The molecule has 0 bridgehead atoms. The van der Waals surface area contributed by atoms with E-state index in [1.165, 1.54) is 99.6 Å². The number of benzene rings is 10. The minimum atomic E-state index is 1.05. The van der Waals surface area contributed by atoms with Gasteiger partial charge in [0.1, 0.15) is 0 Å². The maximum absolute atomic E-state index is 2.46. The third kappa shape index (κ3) is 6.48. The lowest BCUT2D eigenvalue weighted by molar-refractivity contribution is 0.967. The van der Waals surface area contributed by atoms with Gasteiger partial charge in [-0.25, -0.2) is 0 Å². The second kappa shape index (κ2) is 16.6. The molecule has 0 atom stereocenters. The summed E-state index contributed by atoms with van der Waals surface area (Å²) in [6.45, 7) is 0. The van der Waals surface area contributed by atoms with Crippen molar-refractivity contribution in [2.24, 2.45) is 0 Å². The molecular formula is C66H46N2. The van der Waals surface area contributed by atoms with Crippen molar-refractivity contribution in [3.8, 4) is 78.1 Å². The van der Waals surface area contributed by atoms with E-state index in [0.29, 0.717) is 0 Å². The molecule has 2 aromatic heterocycles. The van der Waals surface area contributed by atoms with E-state index in [9.17, 15) is 0 Å². The number of aromatic nitrogens is 2. The molecule has 0 amide bonds. The van der Waals surface area contributed by atoms with Gasteiger partial charge in [0.15, 0.2) is 0 Å². The molecule has 0 saturated carbocycles. The number of hydrogen-bond donors (Lipinski definition) is 0. The van der Waals surface area contributed by atoms with Crippen LogP contribution in [0.5, 0.6) is 0 Å². The number of rotatable bonds is 8. The highest BCUT2D eigenvalue weighted by Gasteiger charge is 2.29. The van der Waals surface area contributed by atoms with Crippen molar-refractivity contribution < 1.29 is 0 Å².